The molecule has 2 aromatic carbocycles. The van der Waals surface area contributed by atoms with Crippen LogP contribution in [-0.2, 0) is 14.8 Å². The van der Waals surface area contributed by atoms with Crippen LogP contribution in [0.2, 0.25) is 5.02 Å². The number of benzene rings is 2. The number of hydrogen-bond donors (Lipinski definition) is 1. The molecule has 2 rings (SSSR count). The van der Waals surface area contributed by atoms with Gasteiger partial charge in [0.25, 0.3) is 0 Å². The summed E-state index contributed by atoms with van der Waals surface area (Å²) in [4.78, 5) is 13.0. The maximum Gasteiger partial charge on any atom is 0.244 e. The van der Waals surface area contributed by atoms with Gasteiger partial charge in [0.2, 0.25) is 15.9 Å². The largest absolute Gasteiger partial charge is 0.347 e. The minimum atomic E-state index is -3.68. The lowest BCUT2D eigenvalue weighted by Gasteiger charge is -2.31. The summed E-state index contributed by atoms with van der Waals surface area (Å²) in [5, 5.41) is 3.40. The van der Waals surface area contributed by atoms with Crippen molar-refractivity contribution in [2.24, 2.45) is 0 Å². The molecule has 2 aromatic rings. The van der Waals surface area contributed by atoms with E-state index in [1.807, 2.05) is 37.3 Å². The van der Waals surface area contributed by atoms with E-state index >= 15 is 0 Å². The number of amides is 1. The molecule has 2 atom stereocenters. The van der Waals surface area contributed by atoms with Crippen molar-refractivity contribution >= 4 is 33.2 Å². The SMILES string of the molecule is CC[C@H](NC(=O)[C@@H](CC)N(c1cccc(Cl)c1)S(C)(=O)=O)c1ccccc1. The highest BCUT2D eigenvalue weighted by Gasteiger charge is 2.32. The van der Waals surface area contributed by atoms with Crippen molar-refractivity contribution < 1.29 is 13.2 Å². The highest BCUT2D eigenvalue weighted by molar-refractivity contribution is 7.92. The van der Waals surface area contributed by atoms with Crippen molar-refractivity contribution in [2.45, 2.75) is 38.8 Å². The molecule has 0 saturated carbocycles. The van der Waals surface area contributed by atoms with Crippen LogP contribution in [0.4, 0.5) is 5.69 Å². The molecule has 27 heavy (non-hydrogen) atoms. The van der Waals surface area contributed by atoms with Gasteiger partial charge in [0.1, 0.15) is 6.04 Å². The summed E-state index contributed by atoms with van der Waals surface area (Å²) in [5.41, 5.74) is 1.36. The third kappa shape index (κ3) is 5.47. The van der Waals surface area contributed by atoms with E-state index in [-0.39, 0.29) is 11.9 Å². The van der Waals surface area contributed by atoms with Crippen LogP contribution in [0.3, 0.4) is 0 Å². The first-order chi connectivity index (χ1) is 12.8. The molecule has 1 N–H and O–H groups in total. The first-order valence-corrected chi connectivity index (χ1v) is 11.1. The van der Waals surface area contributed by atoms with Gasteiger partial charge in [0.15, 0.2) is 0 Å². The fourth-order valence-corrected chi connectivity index (χ4v) is 4.44. The Hall–Kier alpha value is -2.05. The minimum absolute atomic E-state index is 0.187. The molecule has 0 aliphatic heterocycles. The topological polar surface area (TPSA) is 66.5 Å². The average molecular weight is 409 g/mol. The Balaban J connectivity index is 2.34. The van der Waals surface area contributed by atoms with Gasteiger partial charge in [-0.25, -0.2) is 8.42 Å². The molecule has 0 fully saturated rings. The number of nitrogens with one attached hydrogen (secondary N) is 1. The van der Waals surface area contributed by atoms with Crippen LogP contribution in [0.25, 0.3) is 0 Å². The zero-order chi connectivity index (χ0) is 20.0. The molecule has 146 valence electrons. The third-order valence-electron chi connectivity index (χ3n) is 4.32. The number of carbonyl (C=O) groups excluding carboxylic acids is 1. The molecule has 0 aromatic heterocycles. The smallest absolute Gasteiger partial charge is 0.244 e. The summed E-state index contributed by atoms with van der Waals surface area (Å²) in [6, 6.07) is 15.1. The predicted molar refractivity (Wildman–Crippen MR) is 110 cm³/mol. The Morgan fingerprint density at radius 3 is 2.26 bits per heavy atom. The van der Waals surface area contributed by atoms with E-state index < -0.39 is 16.1 Å². The van der Waals surface area contributed by atoms with Crippen molar-refractivity contribution in [3.63, 3.8) is 0 Å². The number of rotatable bonds is 8. The van der Waals surface area contributed by atoms with Crippen molar-refractivity contribution in [1.82, 2.24) is 5.32 Å². The van der Waals surface area contributed by atoms with Crippen LogP contribution in [0, 0.1) is 0 Å². The van der Waals surface area contributed by atoms with Crippen LogP contribution in [0.1, 0.15) is 38.3 Å². The minimum Gasteiger partial charge on any atom is -0.347 e. The summed E-state index contributed by atoms with van der Waals surface area (Å²) in [7, 11) is -3.68. The van der Waals surface area contributed by atoms with Crippen molar-refractivity contribution in [2.75, 3.05) is 10.6 Å². The Morgan fingerprint density at radius 2 is 1.74 bits per heavy atom. The van der Waals surface area contributed by atoms with Crippen LogP contribution < -0.4 is 9.62 Å². The number of carbonyl (C=O) groups is 1. The van der Waals surface area contributed by atoms with Gasteiger partial charge in [-0.2, -0.15) is 0 Å². The molecule has 5 nitrogen and oxygen atoms in total. The quantitative estimate of drug-likeness (QED) is 0.713. The molecule has 7 heteroatoms. The van der Waals surface area contributed by atoms with Gasteiger partial charge >= 0.3 is 0 Å². The second kappa shape index (κ2) is 9.24. The fourth-order valence-electron chi connectivity index (χ4n) is 3.05. The second-order valence-corrected chi connectivity index (χ2v) is 8.64. The molecule has 1 amide bonds. The van der Waals surface area contributed by atoms with E-state index in [0.29, 0.717) is 23.6 Å². The van der Waals surface area contributed by atoms with Gasteiger partial charge in [-0.05, 0) is 36.6 Å². The van der Waals surface area contributed by atoms with Gasteiger partial charge in [-0.1, -0.05) is 61.8 Å². The number of halogens is 1. The monoisotopic (exact) mass is 408 g/mol. The average Bonchev–Trinajstić information content (AvgIpc) is 2.63. The van der Waals surface area contributed by atoms with Crippen molar-refractivity contribution in [3.8, 4) is 0 Å². The van der Waals surface area contributed by atoms with E-state index in [0.717, 1.165) is 16.1 Å². The molecule has 0 aliphatic carbocycles. The van der Waals surface area contributed by atoms with E-state index in [9.17, 15) is 13.2 Å². The zero-order valence-corrected chi connectivity index (χ0v) is 17.3. The molecule has 0 radical (unpaired) electrons. The Labute approximate surface area is 166 Å². The maximum atomic E-state index is 13.0. The van der Waals surface area contributed by atoms with Gasteiger partial charge in [-0.15, -0.1) is 0 Å². The summed E-state index contributed by atoms with van der Waals surface area (Å²) in [6.45, 7) is 3.76. The second-order valence-electron chi connectivity index (χ2n) is 6.34. The number of anilines is 1. The zero-order valence-electron chi connectivity index (χ0n) is 15.7. The summed E-state index contributed by atoms with van der Waals surface area (Å²) in [6.07, 6.45) is 2.12. The first-order valence-electron chi connectivity index (χ1n) is 8.88. The fraction of sp³-hybridized carbons (Fsp3) is 0.350. The summed E-state index contributed by atoms with van der Waals surface area (Å²) < 4.78 is 26.1. The van der Waals surface area contributed by atoms with Crippen LogP contribution in [-0.4, -0.2) is 26.6 Å². The van der Waals surface area contributed by atoms with Crippen molar-refractivity contribution in [1.29, 1.82) is 0 Å². The molecule has 0 heterocycles. The van der Waals surface area contributed by atoms with Gasteiger partial charge < -0.3 is 5.32 Å². The van der Waals surface area contributed by atoms with Crippen LogP contribution >= 0.6 is 11.6 Å². The molecule has 0 aliphatic rings. The van der Waals surface area contributed by atoms with Gasteiger partial charge in [0, 0.05) is 5.02 Å². The molecular weight excluding hydrogens is 384 g/mol. The lowest BCUT2D eigenvalue weighted by molar-refractivity contribution is -0.123. The molecular formula is C20H25ClN2O3S. The maximum absolute atomic E-state index is 13.0. The Morgan fingerprint density at radius 1 is 1.07 bits per heavy atom. The van der Waals surface area contributed by atoms with Gasteiger partial charge in [0.05, 0.1) is 18.0 Å². The molecule has 0 unspecified atom stereocenters. The van der Waals surface area contributed by atoms with Crippen molar-refractivity contribution in [3.05, 3.63) is 65.2 Å². The predicted octanol–water partition coefficient (Wildman–Crippen LogP) is 4.15. The van der Waals surface area contributed by atoms with Crippen LogP contribution in [0.15, 0.2) is 54.6 Å². The van der Waals surface area contributed by atoms with Crippen LogP contribution in [0.5, 0.6) is 0 Å². The lowest BCUT2D eigenvalue weighted by atomic mass is 10.0. The van der Waals surface area contributed by atoms with Gasteiger partial charge in [-0.3, -0.25) is 9.10 Å². The lowest BCUT2D eigenvalue weighted by Crippen LogP contribution is -2.50. The third-order valence-corrected chi connectivity index (χ3v) is 5.73. The summed E-state index contributed by atoms with van der Waals surface area (Å²) in [5.74, 6) is -0.335. The standard InChI is InChI=1S/C20H25ClN2O3S/c1-4-18(15-10-7-6-8-11-15)22-20(24)19(5-2)23(27(3,25)26)17-13-9-12-16(21)14-17/h6-14,18-19H,4-5H2,1-3H3,(H,22,24)/t18-,19+/m0/s1. The summed E-state index contributed by atoms with van der Waals surface area (Å²) >= 11 is 6.03. The van der Waals surface area contributed by atoms with E-state index in [2.05, 4.69) is 5.32 Å². The Kier molecular flexibility index (Phi) is 7.27. The normalized spacial score (nSPS) is 13.6. The molecule has 0 saturated heterocycles. The number of nitrogens with zero attached hydrogens (tertiary/aromatic N) is 1. The Bertz CT molecular complexity index is 872. The highest BCUT2D eigenvalue weighted by atomic mass is 35.5. The van der Waals surface area contributed by atoms with E-state index in [4.69, 9.17) is 11.6 Å². The first kappa shape index (κ1) is 21.3. The molecule has 0 spiro atoms. The van der Waals surface area contributed by atoms with E-state index in [1.54, 1.807) is 31.2 Å². The number of sulfonamides is 1. The van der Waals surface area contributed by atoms with E-state index in [1.165, 1.54) is 0 Å². The number of hydrogen-bond acceptors (Lipinski definition) is 3. The highest BCUT2D eigenvalue weighted by Crippen LogP contribution is 2.26. The molecule has 0 bridgehead atoms.